The average molecular weight is 283 g/mol. The number of anilines is 2. The number of nitrogens with zero attached hydrogens (tertiary/aromatic N) is 3. The van der Waals surface area contributed by atoms with Crippen molar-refractivity contribution in [1.82, 2.24) is 9.97 Å². The van der Waals surface area contributed by atoms with Gasteiger partial charge in [0, 0.05) is 13.1 Å². The van der Waals surface area contributed by atoms with Crippen LogP contribution in [0.25, 0.3) is 0 Å². The van der Waals surface area contributed by atoms with E-state index in [2.05, 4.69) is 20.6 Å². The molecule has 1 heterocycles. The van der Waals surface area contributed by atoms with Crippen LogP contribution < -0.4 is 10.6 Å². The minimum atomic E-state index is -0.496. The number of aliphatic hydroxyl groups is 1. The first kappa shape index (κ1) is 16.1. The molecule has 1 unspecified atom stereocenters. The van der Waals surface area contributed by atoms with Crippen LogP contribution in [0, 0.1) is 17.0 Å². The number of rotatable bonds is 8. The van der Waals surface area contributed by atoms with Crippen molar-refractivity contribution < 1.29 is 10.0 Å². The molecule has 0 radical (unpaired) electrons. The van der Waals surface area contributed by atoms with Gasteiger partial charge in [-0.3, -0.25) is 10.1 Å². The highest BCUT2D eigenvalue weighted by Crippen LogP contribution is 2.26. The van der Waals surface area contributed by atoms with E-state index < -0.39 is 11.0 Å². The van der Waals surface area contributed by atoms with Crippen molar-refractivity contribution >= 4 is 17.5 Å². The van der Waals surface area contributed by atoms with Crippen molar-refractivity contribution in [3.8, 4) is 0 Å². The Labute approximate surface area is 117 Å². The van der Waals surface area contributed by atoms with Gasteiger partial charge in [-0.05, 0) is 26.7 Å². The van der Waals surface area contributed by atoms with E-state index in [1.807, 2.05) is 6.92 Å². The summed E-state index contributed by atoms with van der Waals surface area (Å²) >= 11 is 0. The lowest BCUT2D eigenvalue weighted by Gasteiger charge is -2.11. The summed E-state index contributed by atoms with van der Waals surface area (Å²) in [6.45, 7) is 6.35. The van der Waals surface area contributed by atoms with E-state index in [4.69, 9.17) is 0 Å². The van der Waals surface area contributed by atoms with Gasteiger partial charge in [0.05, 0.1) is 11.0 Å². The van der Waals surface area contributed by atoms with Crippen molar-refractivity contribution in [2.45, 2.75) is 39.7 Å². The van der Waals surface area contributed by atoms with E-state index in [-0.39, 0.29) is 11.5 Å². The SMILES string of the molecule is CCCNc1nc(C)c([N+](=O)[O-])c(NCCC(C)O)n1. The largest absolute Gasteiger partial charge is 0.393 e. The number of aromatic nitrogens is 2. The molecular weight excluding hydrogens is 262 g/mol. The molecule has 0 aliphatic heterocycles. The summed E-state index contributed by atoms with van der Waals surface area (Å²) in [5, 5.41) is 26.2. The van der Waals surface area contributed by atoms with E-state index in [0.717, 1.165) is 6.42 Å². The predicted octanol–water partition coefficient (Wildman–Crippen LogP) is 1.70. The molecule has 0 amide bonds. The topological polar surface area (TPSA) is 113 Å². The summed E-state index contributed by atoms with van der Waals surface area (Å²) in [4.78, 5) is 18.8. The van der Waals surface area contributed by atoms with Crippen molar-refractivity contribution in [3.05, 3.63) is 15.8 Å². The Morgan fingerprint density at radius 1 is 1.35 bits per heavy atom. The number of nitro groups is 1. The van der Waals surface area contributed by atoms with Gasteiger partial charge in [-0.2, -0.15) is 4.98 Å². The summed E-state index contributed by atoms with van der Waals surface area (Å²) in [6.07, 6.45) is 0.921. The minimum absolute atomic E-state index is 0.127. The Hall–Kier alpha value is -1.96. The molecule has 0 saturated heterocycles. The van der Waals surface area contributed by atoms with Gasteiger partial charge in [-0.1, -0.05) is 6.92 Å². The zero-order chi connectivity index (χ0) is 15.1. The van der Waals surface area contributed by atoms with Crippen LogP contribution in [0.3, 0.4) is 0 Å². The van der Waals surface area contributed by atoms with Crippen molar-refractivity contribution in [1.29, 1.82) is 0 Å². The first-order chi connectivity index (χ1) is 9.45. The summed E-state index contributed by atoms with van der Waals surface area (Å²) < 4.78 is 0. The first-order valence-electron chi connectivity index (χ1n) is 6.64. The highest BCUT2D eigenvalue weighted by atomic mass is 16.6. The van der Waals surface area contributed by atoms with Crippen LogP contribution in [0.15, 0.2) is 0 Å². The maximum atomic E-state index is 11.1. The summed E-state index contributed by atoms with van der Waals surface area (Å²) in [5.41, 5.74) is 0.181. The standard InChI is InChI=1S/C12H21N5O3/c1-4-6-14-12-15-9(3)10(17(19)20)11(16-12)13-7-5-8(2)18/h8,18H,4-7H2,1-3H3,(H2,13,14,15,16). The fourth-order valence-electron chi connectivity index (χ4n) is 1.62. The fraction of sp³-hybridized carbons (Fsp3) is 0.667. The van der Waals surface area contributed by atoms with Crippen LogP contribution >= 0.6 is 0 Å². The van der Waals surface area contributed by atoms with E-state index >= 15 is 0 Å². The maximum absolute atomic E-state index is 11.1. The fourth-order valence-corrected chi connectivity index (χ4v) is 1.62. The lowest BCUT2D eigenvalue weighted by atomic mass is 10.3. The second-order valence-corrected chi connectivity index (χ2v) is 4.58. The van der Waals surface area contributed by atoms with Crippen LogP contribution in [-0.2, 0) is 0 Å². The first-order valence-corrected chi connectivity index (χ1v) is 6.64. The molecule has 0 aliphatic carbocycles. The smallest absolute Gasteiger partial charge is 0.332 e. The highest BCUT2D eigenvalue weighted by molar-refractivity contribution is 5.60. The second kappa shape index (κ2) is 7.59. The zero-order valence-electron chi connectivity index (χ0n) is 12.0. The van der Waals surface area contributed by atoms with E-state index in [1.54, 1.807) is 13.8 Å². The molecule has 0 bridgehead atoms. The molecule has 0 fully saturated rings. The highest BCUT2D eigenvalue weighted by Gasteiger charge is 2.21. The number of hydrogen-bond acceptors (Lipinski definition) is 7. The van der Waals surface area contributed by atoms with Crippen molar-refractivity contribution in [2.24, 2.45) is 0 Å². The monoisotopic (exact) mass is 283 g/mol. The minimum Gasteiger partial charge on any atom is -0.393 e. The molecule has 1 rings (SSSR count). The molecule has 3 N–H and O–H groups in total. The second-order valence-electron chi connectivity index (χ2n) is 4.58. The molecule has 8 heteroatoms. The third kappa shape index (κ3) is 4.61. The average Bonchev–Trinajstić information content (AvgIpc) is 2.34. The quantitative estimate of drug-likeness (QED) is 0.491. The molecule has 0 aliphatic rings. The van der Waals surface area contributed by atoms with Gasteiger partial charge in [-0.15, -0.1) is 0 Å². The number of aliphatic hydroxyl groups excluding tert-OH is 1. The van der Waals surface area contributed by atoms with Crippen molar-refractivity contribution in [3.63, 3.8) is 0 Å². The number of hydrogen-bond donors (Lipinski definition) is 3. The molecule has 1 aromatic rings. The molecule has 1 aromatic heterocycles. The Balaban J connectivity index is 2.96. The van der Waals surface area contributed by atoms with E-state index in [1.165, 1.54) is 0 Å². The molecule has 112 valence electrons. The third-order valence-corrected chi connectivity index (χ3v) is 2.63. The molecule has 20 heavy (non-hydrogen) atoms. The molecule has 0 aromatic carbocycles. The molecule has 0 spiro atoms. The van der Waals surface area contributed by atoms with Gasteiger partial charge >= 0.3 is 5.69 Å². The predicted molar refractivity (Wildman–Crippen MR) is 77.0 cm³/mol. The Morgan fingerprint density at radius 3 is 2.60 bits per heavy atom. The van der Waals surface area contributed by atoms with Gasteiger partial charge in [0.15, 0.2) is 0 Å². The van der Waals surface area contributed by atoms with Crippen LogP contribution in [0.2, 0.25) is 0 Å². The van der Waals surface area contributed by atoms with Gasteiger partial charge in [0.1, 0.15) is 5.69 Å². The van der Waals surface area contributed by atoms with Gasteiger partial charge < -0.3 is 15.7 Å². The third-order valence-electron chi connectivity index (χ3n) is 2.63. The lowest BCUT2D eigenvalue weighted by molar-refractivity contribution is -0.385. The number of aryl methyl sites for hydroxylation is 1. The molecule has 8 nitrogen and oxygen atoms in total. The summed E-state index contributed by atoms with van der Waals surface area (Å²) in [6, 6.07) is 0. The van der Waals surface area contributed by atoms with Crippen molar-refractivity contribution in [2.75, 3.05) is 23.7 Å². The Bertz CT molecular complexity index is 465. The van der Waals surface area contributed by atoms with Crippen LogP contribution in [0.4, 0.5) is 17.5 Å². The van der Waals surface area contributed by atoms with E-state index in [9.17, 15) is 15.2 Å². The van der Waals surface area contributed by atoms with Gasteiger partial charge in [0.25, 0.3) is 0 Å². The normalized spacial score (nSPS) is 12.0. The summed E-state index contributed by atoms with van der Waals surface area (Å²) in [5.74, 6) is 0.552. The van der Waals surface area contributed by atoms with Gasteiger partial charge in [0.2, 0.25) is 11.8 Å². The Morgan fingerprint density at radius 2 is 2.05 bits per heavy atom. The summed E-state index contributed by atoms with van der Waals surface area (Å²) in [7, 11) is 0. The number of nitrogens with one attached hydrogen (secondary N) is 2. The van der Waals surface area contributed by atoms with Crippen LogP contribution in [0.5, 0.6) is 0 Å². The Kier molecular flexibility index (Phi) is 6.10. The van der Waals surface area contributed by atoms with Gasteiger partial charge in [-0.25, -0.2) is 4.98 Å². The molecule has 1 atom stereocenters. The maximum Gasteiger partial charge on any atom is 0.332 e. The van der Waals surface area contributed by atoms with Crippen LogP contribution in [-0.4, -0.2) is 39.2 Å². The van der Waals surface area contributed by atoms with Crippen LogP contribution in [0.1, 0.15) is 32.4 Å². The molecular formula is C12H21N5O3. The zero-order valence-corrected chi connectivity index (χ0v) is 12.0. The lowest BCUT2D eigenvalue weighted by Crippen LogP contribution is -2.14. The molecule has 0 saturated carbocycles. The van der Waals surface area contributed by atoms with E-state index in [0.29, 0.717) is 31.2 Å².